The molecule has 2 aromatic carbocycles. The highest BCUT2D eigenvalue weighted by Crippen LogP contribution is 2.34. The molecule has 0 saturated heterocycles. The van der Waals surface area contributed by atoms with Crippen molar-refractivity contribution in [2.75, 3.05) is 0 Å². The van der Waals surface area contributed by atoms with Gasteiger partial charge < -0.3 is 0 Å². The van der Waals surface area contributed by atoms with Crippen molar-refractivity contribution in [2.45, 2.75) is 30.2 Å². The van der Waals surface area contributed by atoms with E-state index in [9.17, 15) is 13.2 Å². The molecule has 0 atom stereocenters. The van der Waals surface area contributed by atoms with Gasteiger partial charge in [-0.15, -0.1) is 5.10 Å². The third-order valence-electron chi connectivity index (χ3n) is 4.39. The molecule has 6 nitrogen and oxygen atoms in total. The lowest BCUT2D eigenvalue weighted by Crippen LogP contribution is -2.20. The Morgan fingerprint density at radius 1 is 1.15 bits per heavy atom. The number of hydrogen-bond acceptors (Lipinski definition) is 5. The molecule has 3 aromatic rings. The molecule has 0 radical (unpaired) electrons. The number of aryl methyl sites for hydroxylation is 2. The van der Waals surface area contributed by atoms with Crippen molar-refractivity contribution < 1.29 is 13.2 Å². The summed E-state index contributed by atoms with van der Waals surface area (Å²) >= 11 is 3.35. The summed E-state index contributed by atoms with van der Waals surface area (Å²) in [6, 6.07) is 10.5. The molecule has 8 heteroatoms. The van der Waals surface area contributed by atoms with E-state index in [4.69, 9.17) is 0 Å². The van der Waals surface area contributed by atoms with Crippen LogP contribution in [0.3, 0.4) is 0 Å². The fourth-order valence-corrected chi connectivity index (χ4v) is 6.24. The lowest BCUT2D eigenvalue weighted by Gasteiger charge is -2.17. The van der Waals surface area contributed by atoms with E-state index in [0.29, 0.717) is 27.0 Å². The smallest absolute Gasteiger partial charge is 0.229 e. The Hall–Kier alpha value is -2.32. The first-order valence-corrected chi connectivity index (χ1v) is 10.2. The van der Waals surface area contributed by atoms with Gasteiger partial charge in [0, 0.05) is 10.0 Å². The maximum Gasteiger partial charge on any atom is 0.229 e. The number of fused-ring (bicyclic) bond motifs is 3. The van der Waals surface area contributed by atoms with Crippen LogP contribution >= 0.6 is 15.9 Å². The monoisotopic (exact) mass is 431 g/mol. The fourth-order valence-electron chi connectivity index (χ4n) is 3.32. The number of ketones is 1. The van der Waals surface area contributed by atoms with Crippen LogP contribution in [0.15, 0.2) is 50.8 Å². The van der Waals surface area contributed by atoms with Crippen molar-refractivity contribution in [1.29, 1.82) is 0 Å². The summed E-state index contributed by atoms with van der Waals surface area (Å²) in [6.07, 6.45) is -0.0545. The topological polar surface area (TPSA) is 81.9 Å². The summed E-state index contributed by atoms with van der Waals surface area (Å²) < 4.78 is 28.5. The van der Waals surface area contributed by atoms with E-state index in [0.717, 1.165) is 5.56 Å². The van der Waals surface area contributed by atoms with E-state index in [-0.39, 0.29) is 22.1 Å². The highest BCUT2D eigenvalue weighted by atomic mass is 79.9. The van der Waals surface area contributed by atoms with E-state index in [1.165, 1.54) is 4.68 Å². The van der Waals surface area contributed by atoms with Crippen molar-refractivity contribution in [3.8, 4) is 5.69 Å². The van der Waals surface area contributed by atoms with Gasteiger partial charge in [-0.2, -0.15) is 0 Å². The normalized spacial score (nSPS) is 13.4. The Morgan fingerprint density at radius 3 is 2.62 bits per heavy atom. The Labute approximate surface area is 158 Å². The molecule has 1 aromatic heterocycles. The number of rotatable bonds is 2. The summed E-state index contributed by atoms with van der Waals surface area (Å²) in [7, 11) is -3.93. The lowest BCUT2D eigenvalue weighted by molar-refractivity contribution is 0.0986. The Bertz CT molecular complexity index is 1160. The van der Waals surface area contributed by atoms with Crippen LogP contribution in [-0.4, -0.2) is 29.2 Å². The van der Waals surface area contributed by atoms with Crippen LogP contribution in [0.2, 0.25) is 0 Å². The molecule has 0 fully saturated rings. The number of halogens is 1. The zero-order valence-corrected chi connectivity index (χ0v) is 16.4. The number of para-hydroxylation sites is 1. The van der Waals surface area contributed by atoms with Gasteiger partial charge in [0.2, 0.25) is 14.9 Å². The maximum atomic E-state index is 13.3. The van der Waals surface area contributed by atoms with Crippen LogP contribution in [0.1, 0.15) is 27.2 Å². The number of Topliss-reactive ketones (excluding diaryl/α,β-unsaturated/α-hetero) is 1. The van der Waals surface area contributed by atoms with Crippen molar-refractivity contribution in [3.05, 3.63) is 63.3 Å². The Morgan fingerprint density at radius 2 is 1.88 bits per heavy atom. The van der Waals surface area contributed by atoms with Gasteiger partial charge in [0.15, 0.2) is 5.78 Å². The largest absolute Gasteiger partial charge is 0.294 e. The first kappa shape index (κ1) is 17.1. The number of aromatic nitrogens is 3. The average molecular weight is 432 g/mol. The molecule has 0 unspecified atom stereocenters. The van der Waals surface area contributed by atoms with Crippen LogP contribution in [0, 0.1) is 13.8 Å². The zero-order chi connectivity index (χ0) is 18.6. The number of carbonyl (C=O) groups excluding carboxylic acids is 1. The number of benzene rings is 2. The van der Waals surface area contributed by atoms with Crippen LogP contribution in [-0.2, 0) is 16.3 Å². The summed E-state index contributed by atoms with van der Waals surface area (Å²) in [5, 5.41) is 7.78. The minimum atomic E-state index is -3.93. The van der Waals surface area contributed by atoms with Gasteiger partial charge in [-0.3, -0.25) is 4.79 Å². The summed E-state index contributed by atoms with van der Waals surface area (Å²) in [5.41, 5.74) is 2.91. The maximum absolute atomic E-state index is 13.3. The molecule has 0 bridgehead atoms. The molecule has 2 heterocycles. The third-order valence-corrected chi connectivity index (χ3v) is 7.18. The molecule has 0 saturated carbocycles. The second-order valence-corrected chi connectivity index (χ2v) is 8.92. The number of sulfone groups is 1. The number of hydrogen-bond donors (Lipinski definition) is 0. The van der Waals surface area contributed by atoms with E-state index < -0.39 is 9.84 Å². The highest BCUT2D eigenvalue weighted by Gasteiger charge is 2.35. The van der Waals surface area contributed by atoms with Crippen LogP contribution in [0.25, 0.3) is 5.69 Å². The second-order valence-electron chi connectivity index (χ2n) is 6.27. The standard InChI is InChI=1S/C18H14BrN3O3S/c1-10-7-11(2)17(13(19)8-10)26(24,25)18-15-9-16(23)12-5-3-4-6-14(12)22(15)21-20-18/h3-8H,9H2,1-2H3. The van der Waals surface area contributed by atoms with Gasteiger partial charge in [-0.1, -0.05) is 23.4 Å². The highest BCUT2D eigenvalue weighted by molar-refractivity contribution is 9.10. The lowest BCUT2D eigenvalue weighted by atomic mass is 10.0. The summed E-state index contributed by atoms with van der Waals surface area (Å²) in [5.74, 6) is -0.147. The van der Waals surface area contributed by atoms with E-state index in [2.05, 4.69) is 26.2 Å². The minimum Gasteiger partial charge on any atom is -0.294 e. The number of nitrogens with zero attached hydrogens (tertiary/aromatic N) is 3. The molecular formula is C18H14BrN3O3S. The SMILES string of the molecule is Cc1cc(C)c(S(=O)(=O)c2nnn3c2CC(=O)c2ccccc2-3)c(Br)c1. The molecule has 1 aliphatic rings. The van der Waals surface area contributed by atoms with Gasteiger partial charge in [0.25, 0.3) is 0 Å². The molecule has 26 heavy (non-hydrogen) atoms. The van der Waals surface area contributed by atoms with Crippen LogP contribution in [0.4, 0.5) is 0 Å². The summed E-state index contributed by atoms with van der Waals surface area (Å²) in [4.78, 5) is 12.6. The molecule has 4 rings (SSSR count). The zero-order valence-electron chi connectivity index (χ0n) is 14.0. The second kappa shape index (κ2) is 5.85. The van der Waals surface area contributed by atoms with Crippen molar-refractivity contribution in [2.24, 2.45) is 0 Å². The van der Waals surface area contributed by atoms with E-state index in [1.54, 1.807) is 43.3 Å². The van der Waals surface area contributed by atoms with Crippen LogP contribution < -0.4 is 0 Å². The molecule has 132 valence electrons. The van der Waals surface area contributed by atoms with Gasteiger partial charge in [-0.05, 0) is 59.1 Å². The van der Waals surface area contributed by atoms with Gasteiger partial charge >= 0.3 is 0 Å². The van der Waals surface area contributed by atoms with Crippen molar-refractivity contribution in [3.63, 3.8) is 0 Å². The number of carbonyl (C=O) groups is 1. The average Bonchev–Trinajstić information content (AvgIpc) is 2.98. The van der Waals surface area contributed by atoms with E-state index in [1.807, 2.05) is 6.92 Å². The molecule has 0 spiro atoms. The molecule has 0 aliphatic carbocycles. The third kappa shape index (κ3) is 2.44. The first-order chi connectivity index (χ1) is 12.3. The van der Waals surface area contributed by atoms with Gasteiger partial charge in [0.05, 0.1) is 22.7 Å². The summed E-state index contributed by atoms with van der Waals surface area (Å²) in [6.45, 7) is 3.63. The van der Waals surface area contributed by atoms with E-state index >= 15 is 0 Å². The molecular weight excluding hydrogens is 418 g/mol. The van der Waals surface area contributed by atoms with Gasteiger partial charge in [-0.25, -0.2) is 13.1 Å². The van der Waals surface area contributed by atoms with Crippen molar-refractivity contribution >= 4 is 31.6 Å². The molecule has 0 N–H and O–H groups in total. The predicted octanol–water partition coefficient (Wildman–Crippen LogP) is 3.22. The minimum absolute atomic E-state index is 0.0545. The van der Waals surface area contributed by atoms with Crippen molar-refractivity contribution in [1.82, 2.24) is 15.0 Å². The molecule has 0 amide bonds. The Kier molecular flexibility index (Phi) is 3.85. The molecule has 1 aliphatic heterocycles. The predicted molar refractivity (Wildman–Crippen MR) is 98.5 cm³/mol. The van der Waals surface area contributed by atoms with Crippen LogP contribution in [0.5, 0.6) is 0 Å². The fraction of sp³-hybridized carbons (Fsp3) is 0.167. The quantitative estimate of drug-likeness (QED) is 0.621. The Balaban J connectivity index is 1.96. The van der Waals surface area contributed by atoms with Gasteiger partial charge in [0.1, 0.15) is 0 Å². The first-order valence-electron chi connectivity index (χ1n) is 7.89.